The van der Waals surface area contributed by atoms with Crippen molar-refractivity contribution in [2.24, 2.45) is 0 Å². The molecule has 0 aliphatic carbocycles. The van der Waals surface area contributed by atoms with Crippen LogP contribution in [0.5, 0.6) is 0 Å². The van der Waals surface area contributed by atoms with Crippen LogP contribution in [0.4, 0.5) is 5.69 Å². The number of aromatic nitrogens is 2. The van der Waals surface area contributed by atoms with Crippen molar-refractivity contribution >= 4 is 11.6 Å². The summed E-state index contributed by atoms with van der Waals surface area (Å²) in [6.07, 6.45) is 2.53. The summed E-state index contributed by atoms with van der Waals surface area (Å²) in [5, 5.41) is 9.55. The van der Waals surface area contributed by atoms with Gasteiger partial charge in [0.2, 0.25) is 0 Å². The summed E-state index contributed by atoms with van der Waals surface area (Å²) < 4.78 is 0. The van der Waals surface area contributed by atoms with E-state index in [1.165, 1.54) is 0 Å². The average molecular weight is 243 g/mol. The smallest absolute Gasteiger partial charge is 0.273 e. The quantitative estimate of drug-likeness (QED) is 0.870. The highest BCUT2D eigenvalue weighted by molar-refractivity contribution is 6.04. The Kier molecular flexibility index (Phi) is 3.46. The molecule has 2 rings (SSSR count). The number of anilines is 1. The molecule has 0 spiro atoms. The van der Waals surface area contributed by atoms with Gasteiger partial charge in [-0.2, -0.15) is 5.10 Å². The van der Waals surface area contributed by atoms with Crippen molar-refractivity contribution in [3.05, 3.63) is 46.8 Å². The Morgan fingerprint density at radius 3 is 2.72 bits per heavy atom. The number of nitrogens with zero attached hydrogens (tertiary/aromatic N) is 1. The number of hydrogen-bond donors (Lipinski definition) is 2. The lowest BCUT2D eigenvalue weighted by molar-refractivity contribution is 0.102. The molecule has 1 aromatic heterocycles. The van der Waals surface area contributed by atoms with Gasteiger partial charge in [-0.15, -0.1) is 0 Å². The summed E-state index contributed by atoms with van der Waals surface area (Å²) in [6.45, 7) is 5.93. The molecule has 18 heavy (non-hydrogen) atoms. The number of rotatable bonds is 3. The Morgan fingerprint density at radius 1 is 1.33 bits per heavy atom. The van der Waals surface area contributed by atoms with E-state index < -0.39 is 0 Å². The Bertz CT molecular complexity index is 572. The summed E-state index contributed by atoms with van der Waals surface area (Å²) in [6, 6.07) is 6.03. The first kappa shape index (κ1) is 12.4. The summed E-state index contributed by atoms with van der Waals surface area (Å²) in [5.41, 5.74) is 4.47. The molecular formula is C14H17N3O. The normalized spacial score (nSPS) is 10.4. The fourth-order valence-corrected chi connectivity index (χ4v) is 1.95. The van der Waals surface area contributed by atoms with Gasteiger partial charge in [0.15, 0.2) is 0 Å². The Morgan fingerprint density at radius 2 is 2.11 bits per heavy atom. The number of H-pyrrole nitrogens is 1. The maximum Gasteiger partial charge on any atom is 0.273 e. The van der Waals surface area contributed by atoms with Gasteiger partial charge in [-0.1, -0.05) is 25.1 Å². The molecule has 0 radical (unpaired) electrons. The van der Waals surface area contributed by atoms with E-state index in [1.54, 1.807) is 6.20 Å². The molecule has 0 bridgehead atoms. The van der Waals surface area contributed by atoms with Gasteiger partial charge in [-0.05, 0) is 37.0 Å². The van der Waals surface area contributed by atoms with Crippen molar-refractivity contribution in [3.63, 3.8) is 0 Å². The lowest BCUT2D eigenvalue weighted by Gasteiger charge is -2.12. The van der Waals surface area contributed by atoms with Crippen LogP contribution in [0.2, 0.25) is 0 Å². The van der Waals surface area contributed by atoms with E-state index in [1.807, 2.05) is 32.0 Å². The molecule has 0 saturated carbocycles. The van der Waals surface area contributed by atoms with Gasteiger partial charge in [0.05, 0.1) is 6.20 Å². The van der Waals surface area contributed by atoms with Crippen LogP contribution in [-0.2, 0) is 6.42 Å². The minimum absolute atomic E-state index is 0.144. The highest BCUT2D eigenvalue weighted by Crippen LogP contribution is 2.21. The number of carbonyl (C=O) groups excluding carboxylic acids is 1. The van der Waals surface area contributed by atoms with Gasteiger partial charge < -0.3 is 5.32 Å². The first-order valence-corrected chi connectivity index (χ1v) is 6.03. The van der Waals surface area contributed by atoms with E-state index in [2.05, 4.69) is 22.4 Å². The predicted molar refractivity (Wildman–Crippen MR) is 71.8 cm³/mol. The van der Waals surface area contributed by atoms with E-state index >= 15 is 0 Å². The van der Waals surface area contributed by atoms with Gasteiger partial charge in [-0.3, -0.25) is 9.89 Å². The molecular weight excluding hydrogens is 226 g/mol. The Balaban J connectivity index is 2.30. The van der Waals surface area contributed by atoms with Crippen molar-refractivity contribution < 1.29 is 4.79 Å². The molecule has 2 aromatic rings. The van der Waals surface area contributed by atoms with Crippen LogP contribution >= 0.6 is 0 Å². The topological polar surface area (TPSA) is 57.8 Å². The fourth-order valence-electron chi connectivity index (χ4n) is 1.95. The lowest BCUT2D eigenvalue weighted by Crippen LogP contribution is -2.15. The number of benzene rings is 1. The third-order valence-electron chi connectivity index (χ3n) is 3.03. The third kappa shape index (κ3) is 2.27. The van der Waals surface area contributed by atoms with Gasteiger partial charge >= 0.3 is 0 Å². The first-order chi connectivity index (χ1) is 8.63. The minimum Gasteiger partial charge on any atom is -0.320 e. The van der Waals surface area contributed by atoms with Crippen molar-refractivity contribution in [2.45, 2.75) is 27.2 Å². The van der Waals surface area contributed by atoms with E-state index in [0.717, 1.165) is 28.8 Å². The maximum absolute atomic E-state index is 12.1. The monoisotopic (exact) mass is 243 g/mol. The Labute approximate surface area is 106 Å². The highest BCUT2D eigenvalue weighted by Gasteiger charge is 2.13. The minimum atomic E-state index is -0.144. The molecule has 0 fully saturated rings. The van der Waals surface area contributed by atoms with Gasteiger partial charge in [0.25, 0.3) is 5.91 Å². The van der Waals surface area contributed by atoms with Crippen LogP contribution in [0.1, 0.15) is 34.1 Å². The van der Waals surface area contributed by atoms with Crippen molar-refractivity contribution in [2.75, 3.05) is 5.32 Å². The van der Waals surface area contributed by atoms with Crippen LogP contribution in [0, 0.1) is 13.8 Å². The zero-order chi connectivity index (χ0) is 13.1. The van der Waals surface area contributed by atoms with Crippen LogP contribution in [0.15, 0.2) is 24.4 Å². The van der Waals surface area contributed by atoms with Crippen molar-refractivity contribution in [1.29, 1.82) is 0 Å². The summed E-state index contributed by atoms with van der Waals surface area (Å²) >= 11 is 0. The lowest BCUT2D eigenvalue weighted by atomic mass is 10.1. The van der Waals surface area contributed by atoms with Crippen LogP contribution < -0.4 is 5.32 Å². The largest absolute Gasteiger partial charge is 0.320 e. The van der Waals surface area contributed by atoms with Gasteiger partial charge in [-0.25, -0.2) is 0 Å². The third-order valence-corrected chi connectivity index (χ3v) is 3.03. The number of hydrogen-bond acceptors (Lipinski definition) is 2. The van der Waals surface area contributed by atoms with Crippen LogP contribution in [0.3, 0.4) is 0 Å². The SMILES string of the molecule is CCc1cccc(C)c1NC(=O)c1[nH]ncc1C. The molecule has 0 saturated heterocycles. The average Bonchev–Trinajstić information content (AvgIpc) is 2.78. The van der Waals surface area contributed by atoms with Crippen molar-refractivity contribution in [3.8, 4) is 0 Å². The predicted octanol–water partition coefficient (Wildman–Crippen LogP) is 2.84. The second kappa shape index (κ2) is 5.04. The molecule has 0 aliphatic rings. The van der Waals surface area contributed by atoms with E-state index in [-0.39, 0.29) is 5.91 Å². The van der Waals surface area contributed by atoms with Crippen molar-refractivity contribution in [1.82, 2.24) is 10.2 Å². The van der Waals surface area contributed by atoms with E-state index in [0.29, 0.717) is 5.69 Å². The fraction of sp³-hybridized carbons (Fsp3) is 0.286. The molecule has 1 amide bonds. The molecule has 0 unspecified atom stereocenters. The second-order valence-corrected chi connectivity index (χ2v) is 4.34. The maximum atomic E-state index is 12.1. The molecule has 1 aromatic carbocycles. The number of para-hydroxylation sites is 1. The number of aromatic amines is 1. The summed E-state index contributed by atoms with van der Waals surface area (Å²) in [7, 11) is 0. The zero-order valence-electron chi connectivity index (χ0n) is 10.9. The van der Waals surface area contributed by atoms with Gasteiger partial charge in [0, 0.05) is 5.69 Å². The second-order valence-electron chi connectivity index (χ2n) is 4.34. The number of amides is 1. The summed E-state index contributed by atoms with van der Waals surface area (Å²) in [4.78, 5) is 12.1. The Hall–Kier alpha value is -2.10. The number of carbonyl (C=O) groups is 1. The molecule has 4 nitrogen and oxygen atoms in total. The van der Waals surface area contributed by atoms with Crippen LogP contribution in [-0.4, -0.2) is 16.1 Å². The summed E-state index contributed by atoms with van der Waals surface area (Å²) in [5.74, 6) is -0.144. The first-order valence-electron chi connectivity index (χ1n) is 6.03. The van der Waals surface area contributed by atoms with E-state index in [4.69, 9.17) is 0 Å². The number of aryl methyl sites for hydroxylation is 3. The van der Waals surface area contributed by atoms with E-state index in [9.17, 15) is 4.79 Å². The molecule has 0 aliphatic heterocycles. The van der Waals surface area contributed by atoms with Crippen LogP contribution in [0.25, 0.3) is 0 Å². The molecule has 1 heterocycles. The highest BCUT2D eigenvalue weighted by atomic mass is 16.1. The standard InChI is InChI=1S/C14H17N3O/c1-4-11-7-5-6-9(2)12(11)16-14(18)13-10(3)8-15-17-13/h5-8H,4H2,1-3H3,(H,15,17)(H,16,18). The molecule has 0 atom stereocenters. The number of nitrogens with one attached hydrogen (secondary N) is 2. The zero-order valence-corrected chi connectivity index (χ0v) is 10.9. The molecule has 4 heteroatoms. The molecule has 94 valence electrons. The van der Waals surface area contributed by atoms with Gasteiger partial charge in [0.1, 0.15) is 5.69 Å². The molecule has 2 N–H and O–H groups in total.